The molecule has 1 atom stereocenters. The first-order valence-electron chi connectivity index (χ1n) is 6.82. The van der Waals surface area contributed by atoms with Crippen molar-refractivity contribution in [3.63, 3.8) is 0 Å². The van der Waals surface area contributed by atoms with Crippen molar-refractivity contribution in [1.29, 1.82) is 0 Å². The number of nitrogens with zero attached hydrogens (tertiary/aromatic N) is 1. The number of anilines is 1. The van der Waals surface area contributed by atoms with Crippen LogP contribution in [0.15, 0.2) is 12.1 Å². The van der Waals surface area contributed by atoms with Gasteiger partial charge in [-0.2, -0.15) is 0 Å². The highest BCUT2D eigenvalue weighted by atomic mass is 16.7. The molecule has 2 aliphatic rings. The Bertz CT molecular complexity index is 480. The lowest BCUT2D eigenvalue weighted by molar-refractivity contribution is -0.0347. The molecule has 0 aromatic heterocycles. The number of hydrogen-bond donors (Lipinski definition) is 2. The third-order valence-corrected chi connectivity index (χ3v) is 3.74. The number of benzene rings is 1. The highest BCUT2D eigenvalue weighted by molar-refractivity contribution is 5.53. The monoisotopic (exact) mass is 280 g/mol. The van der Waals surface area contributed by atoms with Crippen molar-refractivity contribution in [3.8, 4) is 5.75 Å². The average molecular weight is 280 g/mol. The van der Waals surface area contributed by atoms with Gasteiger partial charge in [-0.3, -0.25) is 4.90 Å². The van der Waals surface area contributed by atoms with Gasteiger partial charge in [-0.25, -0.2) is 0 Å². The van der Waals surface area contributed by atoms with Crippen LogP contribution >= 0.6 is 0 Å². The van der Waals surface area contributed by atoms with Crippen LogP contribution in [0, 0.1) is 0 Å². The van der Waals surface area contributed by atoms with Crippen molar-refractivity contribution in [2.45, 2.75) is 19.2 Å². The molecule has 0 aliphatic carbocycles. The zero-order chi connectivity index (χ0) is 13.9. The lowest BCUT2D eigenvalue weighted by Crippen LogP contribution is -2.46. The number of hydrogen-bond acceptors (Lipinski definition) is 6. The number of aliphatic hydroxyl groups is 1. The lowest BCUT2D eigenvalue weighted by Gasteiger charge is -2.35. The molecule has 6 heteroatoms. The van der Waals surface area contributed by atoms with E-state index in [1.54, 1.807) is 0 Å². The number of aliphatic hydroxyl groups excluding tert-OH is 1. The molecule has 1 aromatic carbocycles. The van der Waals surface area contributed by atoms with Crippen LogP contribution in [0.2, 0.25) is 0 Å². The third kappa shape index (κ3) is 2.73. The molecule has 2 aliphatic heterocycles. The SMILES string of the molecule is Nc1cc2c(c(CN3CCOCC3CO)c1)OCOC2. The van der Waals surface area contributed by atoms with Crippen molar-refractivity contribution in [2.75, 3.05) is 38.9 Å². The normalized spacial score (nSPS) is 23.1. The second kappa shape index (κ2) is 5.97. The number of morpholine rings is 1. The van der Waals surface area contributed by atoms with E-state index in [0.29, 0.717) is 32.1 Å². The Morgan fingerprint density at radius 2 is 2.25 bits per heavy atom. The molecule has 1 unspecified atom stereocenters. The van der Waals surface area contributed by atoms with Crippen LogP contribution in [0.25, 0.3) is 0 Å². The summed E-state index contributed by atoms with van der Waals surface area (Å²) in [6.45, 7) is 3.63. The first-order chi connectivity index (χ1) is 9.78. The molecule has 1 saturated heterocycles. The molecule has 1 aromatic rings. The average Bonchev–Trinajstić information content (AvgIpc) is 2.47. The molecule has 110 valence electrons. The van der Waals surface area contributed by atoms with Gasteiger partial charge in [0.15, 0.2) is 6.79 Å². The van der Waals surface area contributed by atoms with E-state index < -0.39 is 0 Å². The first-order valence-corrected chi connectivity index (χ1v) is 6.82. The third-order valence-electron chi connectivity index (χ3n) is 3.74. The summed E-state index contributed by atoms with van der Waals surface area (Å²) in [5.41, 5.74) is 8.69. The topological polar surface area (TPSA) is 77.2 Å². The van der Waals surface area contributed by atoms with Crippen molar-refractivity contribution in [1.82, 2.24) is 4.90 Å². The van der Waals surface area contributed by atoms with Gasteiger partial charge in [-0.05, 0) is 12.1 Å². The maximum absolute atomic E-state index is 9.43. The van der Waals surface area contributed by atoms with Crippen LogP contribution in [-0.4, -0.2) is 49.2 Å². The molecule has 0 bridgehead atoms. The predicted octanol–water partition coefficient (Wildman–Crippen LogP) is 0.328. The summed E-state index contributed by atoms with van der Waals surface area (Å²) in [5.74, 6) is 0.869. The second-order valence-corrected chi connectivity index (χ2v) is 5.16. The van der Waals surface area contributed by atoms with Crippen molar-refractivity contribution in [3.05, 3.63) is 23.3 Å². The number of rotatable bonds is 3. The van der Waals surface area contributed by atoms with Gasteiger partial charge in [0.1, 0.15) is 5.75 Å². The first kappa shape index (κ1) is 13.6. The van der Waals surface area contributed by atoms with Gasteiger partial charge >= 0.3 is 0 Å². The molecule has 0 radical (unpaired) electrons. The van der Waals surface area contributed by atoms with Crippen molar-refractivity contribution in [2.24, 2.45) is 0 Å². The van der Waals surface area contributed by atoms with Gasteiger partial charge in [-0.1, -0.05) is 0 Å². The van der Waals surface area contributed by atoms with E-state index in [0.717, 1.165) is 23.4 Å². The largest absolute Gasteiger partial charge is 0.467 e. The Hall–Kier alpha value is -1.34. The Labute approximate surface area is 118 Å². The Balaban J connectivity index is 1.84. The van der Waals surface area contributed by atoms with Gasteiger partial charge in [0, 0.05) is 29.9 Å². The zero-order valence-electron chi connectivity index (χ0n) is 11.4. The maximum atomic E-state index is 9.43. The van der Waals surface area contributed by atoms with Crippen molar-refractivity contribution < 1.29 is 19.3 Å². The summed E-state index contributed by atoms with van der Waals surface area (Å²) in [4.78, 5) is 2.21. The molecule has 2 heterocycles. The summed E-state index contributed by atoms with van der Waals surface area (Å²) in [6, 6.07) is 3.86. The molecule has 3 N–H and O–H groups in total. The summed E-state index contributed by atoms with van der Waals surface area (Å²) in [7, 11) is 0. The smallest absolute Gasteiger partial charge is 0.189 e. The number of ether oxygens (including phenoxy) is 3. The van der Waals surface area contributed by atoms with Crippen LogP contribution in [-0.2, 0) is 22.6 Å². The van der Waals surface area contributed by atoms with Gasteiger partial charge in [0.25, 0.3) is 0 Å². The Morgan fingerprint density at radius 1 is 1.35 bits per heavy atom. The van der Waals surface area contributed by atoms with Gasteiger partial charge in [-0.15, -0.1) is 0 Å². The molecule has 6 nitrogen and oxygen atoms in total. The van der Waals surface area contributed by atoms with Crippen LogP contribution in [0.5, 0.6) is 5.75 Å². The van der Waals surface area contributed by atoms with E-state index in [2.05, 4.69) is 4.90 Å². The van der Waals surface area contributed by atoms with Crippen LogP contribution in [0.4, 0.5) is 5.69 Å². The number of fused-ring (bicyclic) bond motifs is 1. The van der Waals surface area contributed by atoms with Crippen LogP contribution in [0.1, 0.15) is 11.1 Å². The second-order valence-electron chi connectivity index (χ2n) is 5.16. The molecule has 3 rings (SSSR count). The molecule has 0 spiro atoms. The van der Waals surface area contributed by atoms with E-state index in [1.165, 1.54) is 0 Å². The highest BCUT2D eigenvalue weighted by Gasteiger charge is 2.25. The molecular formula is C14H20N2O4. The van der Waals surface area contributed by atoms with E-state index >= 15 is 0 Å². The molecular weight excluding hydrogens is 260 g/mol. The van der Waals surface area contributed by atoms with Crippen molar-refractivity contribution >= 4 is 5.69 Å². The lowest BCUT2D eigenvalue weighted by atomic mass is 10.1. The summed E-state index contributed by atoms with van der Waals surface area (Å²) in [6.07, 6.45) is 0. The van der Waals surface area contributed by atoms with E-state index in [-0.39, 0.29) is 19.4 Å². The van der Waals surface area contributed by atoms with Gasteiger partial charge in [0.2, 0.25) is 0 Å². The fourth-order valence-corrected chi connectivity index (χ4v) is 2.73. The van der Waals surface area contributed by atoms with Gasteiger partial charge < -0.3 is 25.1 Å². The summed E-state index contributed by atoms with van der Waals surface area (Å²) in [5, 5.41) is 9.43. The summed E-state index contributed by atoms with van der Waals surface area (Å²) >= 11 is 0. The zero-order valence-corrected chi connectivity index (χ0v) is 11.4. The van der Waals surface area contributed by atoms with E-state index in [1.807, 2.05) is 12.1 Å². The summed E-state index contributed by atoms with van der Waals surface area (Å²) < 4.78 is 16.3. The Kier molecular flexibility index (Phi) is 4.07. The Morgan fingerprint density at radius 3 is 3.10 bits per heavy atom. The number of nitrogens with two attached hydrogens (primary N) is 1. The fraction of sp³-hybridized carbons (Fsp3) is 0.571. The minimum Gasteiger partial charge on any atom is -0.467 e. The van der Waals surface area contributed by atoms with Gasteiger partial charge in [0.05, 0.1) is 32.5 Å². The van der Waals surface area contributed by atoms with Crippen LogP contribution < -0.4 is 10.5 Å². The van der Waals surface area contributed by atoms with E-state index in [4.69, 9.17) is 19.9 Å². The fourth-order valence-electron chi connectivity index (χ4n) is 2.73. The molecule has 0 saturated carbocycles. The molecule has 0 amide bonds. The molecule has 20 heavy (non-hydrogen) atoms. The minimum absolute atomic E-state index is 0.0284. The van der Waals surface area contributed by atoms with E-state index in [9.17, 15) is 5.11 Å². The predicted molar refractivity (Wildman–Crippen MR) is 73.2 cm³/mol. The highest BCUT2D eigenvalue weighted by Crippen LogP contribution is 2.32. The maximum Gasteiger partial charge on any atom is 0.189 e. The minimum atomic E-state index is 0.0284. The standard InChI is InChI=1S/C14H20N2O4/c15-12-3-10(14-11(4-12)7-19-9-20-14)5-16-1-2-18-8-13(16)6-17/h3-4,13,17H,1-2,5-9,15H2. The number of nitrogen functional groups attached to an aromatic ring is 1. The molecule has 1 fully saturated rings. The van der Waals surface area contributed by atoms with Crippen LogP contribution in [0.3, 0.4) is 0 Å². The quantitative estimate of drug-likeness (QED) is 0.777.